The van der Waals surface area contributed by atoms with Gasteiger partial charge in [-0.15, -0.1) is 0 Å². The third kappa shape index (κ3) is 1.92. The Bertz CT molecular complexity index is 898. The van der Waals surface area contributed by atoms with Crippen LogP contribution in [-0.4, -0.2) is 31.1 Å². The van der Waals surface area contributed by atoms with Crippen LogP contribution in [-0.2, 0) is 28.6 Å². The van der Waals surface area contributed by atoms with Crippen LogP contribution in [0, 0.1) is 16.7 Å². The van der Waals surface area contributed by atoms with Gasteiger partial charge in [-0.05, 0) is 48.8 Å². The fourth-order valence-corrected chi connectivity index (χ4v) is 5.89. The van der Waals surface area contributed by atoms with E-state index in [-0.39, 0.29) is 11.9 Å². The average Bonchev–Trinajstić information content (AvgIpc) is 3.39. The second-order valence-corrected chi connectivity index (χ2v) is 8.30. The number of carbonyl (C=O) groups is 3. The van der Waals surface area contributed by atoms with Gasteiger partial charge < -0.3 is 18.6 Å². The second-order valence-electron chi connectivity index (χ2n) is 8.30. The van der Waals surface area contributed by atoms with Crippen molar-refractivity contribution in [2.24, 2.45) is 16.7 Å². The largest absolute Gasteiger partial charge is 0.472 e. The fourth-order valence-electron chi connectivity index (χ4n) is 5.89. The summed E-state index contributed by atoms with van der Waals surface area (Å²) < 4.78 is 21.6. The number of cyclic esters (lactones) is 1. The van der Waals surface area contributed by atoms with Crippen LogP contribution >= 0.6 is 0 Å². The highest BCUT2D eigenvalue weighted by Gasteiger charge is 2.68. The normalized spacial score (nSPS) is 39.0. The number of rotatable bonds is 2. The van der Waals surface area contributed by atoms with Gasteiger partial charge in [0.15, 0.2) is 5.41 Å². The molecule has 1 aromatic rings. The number of carbonyl (C=O) groups excluding carboxylic acids is 3. The zero-order valence-corrected chi connectivity index (χ0v) is 15.9. The van der Waals surface area contributed by atoms with Crippen LogP contribution in [0.2, 0.25) is 0 Å². The predicted molar refractivity (Wildman–Crippen MR) is 93.6 cm³/mol. The number of ether oxygens (including phenoxy) is 3. The van der Waals surface area contributed by atoms with E-state index in [9.17, 15) is 14.4 Å². The number of esters is 3. The molecule has 2 aliphatic carbocycles. The molecule has 7 heteroatoms. The molecule has 5 atom stereocenters. The molecule has 0 saturated carbocycles. The maximum atomic E-state index is 13.3. The maximum absolute atomic E-state index is 13.3. The molecule has 0 amide bonds. The molecule has 2 fully saturated rings. The van der Waals surface area contributed by atoms with E-state index in [1.807, 2.05) is 6.92 Å². The minimum absolute atomic E-state index is 0.0694. The Hall–Kier alpha value is -2.57. The molecule has 1 spiro atoms. The van der Waals surface area contributed by atoms with Crippen molar-refractivity contribution in [3.8, 4) is 0 Å². The van der Waals surface area contributed by atoms with E-state index >= 15 is 0 Å². The van der Waals surface area contributed by atoms with Gasteiger partial charge >= 0.3 is 17.9 Å². The van der Waals surface area contributed by atoms with E-state index in [2.05, 4.69) is 0 Å². The SMILES string of the molecule is COC(=O)[C@@]12CCCC3=C1[C@H](C[C@@H](C)[C@]31C[C@@H](c3ccoc3)OC1=O)OC2=O. The number of hydrogen-bond acceptors (Lipinski definition) is 7. The summed E-state index contributed by atoms with van der Waals surface area (Å²) in [5.74, 6) is -1.49. The summed E-state index contributed by atoms with van der Waals surface area (Å²) in [7, 11) is 1.28. The lowest BCUT2D eigenvalue weighted by Gasteiger charge is -2.45. The molecule has 0 radical (unpaired) electrons. The van der Waals surface area contributed by atoms with Crippen molar-refractivity contribution in [2.45, 2.75) is 51.2 Å². The topological polar surface area (TPSA) is 92.0 Å². The van der Waals surface area contributed by atoms with Crippen LogP contribution in [0.25, 0.3) is 0 Å². The van der Waals surface area contributed by atoms with Gasteiger partial charge in [0.05, 0.1) is 25.1 Å². The van der Waals surface area contributed by atoms with E-state index in [1.54, 1.807) is 18.6 Å². The molecule has 3 heterocycles. The van der Waals surface area contributed by atoms with Crippen LogP contribution in [0.15, 0.2) is 34.2 Å². The van der Waals surface area contributed by atoms with Crippen molar-refractivity contribution >= 4 is 17.9 Å². The standard InChI is InChI=1S/C21H22O7/c1-11-8-14-16-13(4-3-6-20(16,17(22)25-2)18(23)27-14)21(11)9-15(28-19(21)24)12-5-7-26-10-12/h5,7,10-11,14-15H,3-4,6,8-9H2,1-2H3/t11-,14+,15+,20-,21-/m1/s1. The lowest BCUT2D eigenvalue weighted by Crippen LogP contribution is -2.48. The van der Waals surface area contributed by atoms with Crippen molar-refractivity contribution in [3.63, 3.8) is 0 Å². The number of furan rings is 1. The first-order chi connectivity index (χ1) is 13.4. The van der Waals surface area contributed by atoms with Gasteiger partial charge in [-0.1, -0.05) is 6.92 Å². The Balaban J connectivity index is 1.69. The molecule has 1 aromatic heterocycles. The molecule has 4 aliphatic rings. The Morgan fingerprint density at radius 3 is 2.71 bits per heavy atom. The Morgan fingerprint density at radius 1 is 1.21 bits per heavy atom. The molecule has 0 aromatic carbocycles. The summed E-state index contributed by atoms with van der Waals surface area (Å²) in [4.78, 5) is 38.8. The van der Waals surface area contributed by atoms with E-state index in [4.69, 9.17) is 18.6 Å². The van der Waals surface area contributed by atoms with Crippen molar-refractivity contribution in [1.29, 1.82) is 0 Å². The van der Waals surface area contributed by atoms with Crippen LogP contribution in [0.3, 0.4) is 0 Å². The van der Waals surface area contributed by atoms with Crippen molar-refractivity contribution in [2.75, 3.05) is 7.11 Å². The highest BCUT2D eigenvalue weighted by molar-refractivity contribution is 6.07. The molecule has 2 aliphatic heterocycles. The smallest absolute Gasteiger partial charge is 0.328 e. The summed E-state index contributed by atoms with van der Waals surface area (Å²) in [6, 6.07) is 1.80. The summed E-state index contributed by atoms with van der Waals surface area (Å²) in [5.41, 5.74) is 0.0856. The van der Waals surface area contributed by atoms with Gasteiger partial charge in [0.2, 0.25) is 0 Å². The second kappa shape index (κ2) is 5.72. The van der Waals surface area contributed by atoms with Crippen molar-refractivity contribution in [1.82, 2.24) is 0 Å². The van der Waals surface area contributed by atoms with Crippen molar-refractivity contribution < 1.29 is 33.0 Å². The highest BCUT2D eigenvalue weighted by atomic mass is 16.6. The van der Waals surface area contributed by atoms with Gasteiger partial charge in [-0.2, -0.15) is 0 Å². The molecule has 2 saturated heterocycles. The Kier molecular flexibility index (Phi) is 3.58. The summed E-state index contributed by atoms with van der Waals surface area (Å²) >= 11 is 0. The van der Waals surface area contributed by atoms with Crippen LogP contribution in [0.4, 0.5) is 0 Å². The maximum Gasteiger partial charge on any atom is 0.328 e. The predicted octanol–water partition coefficient (Wildman–Crippen LogP) is 2.86. The quantitative estimate of drug-likeness (QED) is 0.334. The third-order valence-electron chi connectivity index (χ3n) is 7.20. The van der Waals surface area contributed by atoms with E-state index in [0.717, 1.165) is 11.1 Å². The molecular weight excluding hydrogens is 364 g/mol. The minimum Gasteiger partial charge on any atom is -0.472 e. The summed E-state index contributed by atoms with van der Waals surface area (Å²) in [6.45, 7) is 2.00. The zero-order valence-electron chi connectivity index (χ0n) is 15.9. The highest BCUT2D eigenvalue weighted by Crippen LogP contribution is 2.64. The van der Waals surface area contributed by atoms with E-state index in [0.29, 0.717) is 37.7 Å². The monoisotopic (exact) mass is 386 g/mol. The lowest BCUT2D eigenvalue weighted by molar-refractivity contribution is -0.163. The minimum atomic E-state index is -1.41. The lowest BCUT2D eigenvalue weighted by atomic mass is 9.54. The summed E-state index contributed by atoms with van der Waals surface area (Å²) in [6.07, 6.45) is 4.88. The van der Waals surface area contributed by atoms with E-state index < -0.39 is 35.0 Å². The molecule has 0 unspecified atom stereocenters. The first kappa shape index (κ1) is 17.5. The molecule has 28 heavy (non-hydrogen) atoms. The van der Waals surface area contributed by atoms with Crippen LogP contribution in [0.1, 0.15) is 50.7 Å². The molecule has 0 bridgehead atoms. The van der Waals surface area contributed by atoms with Crippen LogP contribution in [0.5, 0.6) is 0 Å². The number of fused-ring (bicyclic) bond motifs is 1. The molecule has 0 N–H and O–H groups in total. The number of methoxy groups -OCH3 is 1. The molecule has 7 nitrogen and oxygen atoms in total. The van der Waals surface area contributed by atoms with E-state index in [1.165, 1.54) is 7.11 Å². The average molecular weight is 386 g/mol. The van der Waals surface area contributed by atoms with Gasteiger partial charge in [0.25, 0.3) is 0 Å². The molecule has 148 valence electrons. The Labute approximate surface area is 162 Å². The first-order valence-electron chi connectivity index (χ1n) is 9.72. The zero-order chi connectivity index (χ0) is 19.7. The molecule has 5 rings (SSSR count). The van der Waals surface area contributed by atoms with Crippen LogP contribution < -0.4 is 0 Å². The summed E-state index contributed by atoms with van der Waals surface area (Å²) in [5, 5.41) is 0. The molecular formula is C21H22O7. The van der Waals surface area contributed by atoms with Gasteiger partial charge in [-0.25, -0.2) is 0 Å². The van der Waals surface area contributed by atoms with Gasteiger partial charge in [0, 0.05) is 12.0 Å². The number of hydrogen-bond donors (Lipinski definition) is 0. The van der Waals surface area contributed by atoms with Gasteiger partial charge in [-0.3, -0.25) is 14.4 Å². The van der Waals surface area contributed by atoms with Crippen molar-refractivity contribution in [3.05, 3.63) is 35.3 Å². The first-order valence-corrected chi connectivity index (χ1v) is 9.72. The van der Waals surface area contributed by atoms with Gasteiger partial charge in [0.1, 0.15) is 12.2 Å². The third-order valence-corrected chi connectivity index (χ3v) is 7.20. The Morgan fingerprint density at radius 2 is 2.00 bits per heavy atom. The fraction of sp³-hybridized carbons (Fsp3) is 0.571.